The van der Waals surface area contributed by atoms with Crippen LogP contribution in [0.5, 0.6) is 0 Å². The quantitative estimate of drug-likeness (QED) is 0.899. The molecule has 0 amide bonds. The molecule has 0 saturated carbocycles. The molecule has 0 fully saturated rings. The average Bonchev–Trinajstić information content (AvgIpc) is 2.87. The van der Waals surface area contributed by atoms with E-state index in [1.807, 2.05) is 37.4 Å². The zero-order valence-electron chi connectivity index (χ0n) is 12.3. The molecule has 0 bridgehead atoms. The highest BCUT2D eigenvalue weighted by Crippen LogP contribution is 2.38. The Morgan fingerprint density at radius 2 is 1.82 bits per heavy atom. The molecule has 3 rings (SSSR count). The van der Waals surface area contributed by atoms with Crippen molar-refractivity contribution in [3.05, 3.63) is 79.8 Å². The van der Waals surface area contributed by atoms with Gasteiger partial charge in [0.15, 0.2) is 0 Å². The Bertz CT molecular complexity index is 767. The maximum atomic E-state index is 11.8. The summed E-state index contributed by atoms with van der Waals surface area (Å²) in [5, 5.41) is 4.42. The first-order valence-electron chi connectivity index (χ1n) is 7.02. The third kappa shape index (κ3) is 2.79. The van der Waals surface area contributed by atoms with E-state index in [0.29, 0.717) is 0 Å². The molecule has 1 aliphatic rings. The molecule has 2 heterocycles. The van der Waals surface area contributed by atoms with Gasteiger partial charge in [0, 0.05) is 29.9 Å². The lowest BCUT2D eigenvalue weighted by Gasteiger charge is -2.22. The van der Waals surface area contributed by atoms with Crippen LogP contribution in [0.3, 0.4) is 0 Å². The van der Waals surface area contributed by atoms with Crippen LogP contribution in [0, 0.1) is 0 Å². The van der Waals surface area contributed by atoms with Crippen molar-refractivity contribution in [2.24, 2.45) is 7.05 Å². The van der Waals surface area contributed by atoms with Gasteiger partial charge in [-0.25, -0.2) is 0 Å². The summed E-state index contributed by atoms with van der Waals surface area (Å²) in [6.45, 7) is 2.03. The summed E-state index contributed by atoms with van der Waals surface area (Å²) in [5.74, 6) is 0.172. The van der Waals surface area contributed by atoms with E-state index in [2.05, 4.69) is 11.4 Å². The molecule has 114 valence electrons. The van der Waals surface area contributed by atoms with Crippen molar-refractivity contribution in [3.8, 4) is 0 Å². The van der Waals surface area contributed by atoms with Gasteiger partial charge in [-0.3, -0.25) is 4.79 Å². The molecule has 0 saturated heterocycles. The molecule has 0 aliphatic carbocycles. The van der Waals surface area contributed by atoms with Gasteiger partial charge in [-0.05, 0) is 36.2 Å². The average molecular weight is 335 g/mol. The highest BCUT2D eigenvalue weighted by Gasteiger charge is 2.29. The number of aromatic nitrogens is 1. The molecule has 0 spiro atoms. The van der Waals surface area contributed by atoms with Gasteiger partial charge >= 0.3 is 0 Å². The van der Waals surface area contributed by atoms with E-state index in [4.69, 9.17) is 23.2 Å². The van der Waals surface area contributed by atoms with Gasteiger partial charge in [-0.2, -0.15) is 0 Å². The Hall–Kier alpha value is -1.71. The van der Waals surface area contributed by atoms with Crippen molar-refractivity contribution in [1.82, 2.24) is 9.88 Å². The number of benzene rings is 1. The number of hydrogen-bond acceptors (Lipinski definition) is 2. The Morgan fingerprint density at radius 1 is 1.14 bits per heavy atom. The molecule has 5 heteroatoms. The summed E-state index contributed by atoms with van der Waals surface area (Å²) in [6.07, 6.45) is 4.02. The van der Waals surface area contributed by atoms with Crippen LogP contribution >= 0.6 is 23.2 Å². The lowest BCUT2D eigenvalue weighted by atomic mass is 9.89. The molecule has 22 heavy (non-hydrogen) atoms. The van der Waals surface area contributed by atoms with E-state index in [9.17, 15) is 4.79 Å². The van der Waals surface area contributed by atoms with Crippen molar-refractivity contribution < 1.29 is 0 Å². The summed E-state index contributed by atoms with van der Waals surface area (Å²) in [7, 11) is 1.71. The molecule has 1 unspecified atom stereocenters. The molecular weight excluding hydrogens is 319 g/mol. The Balaban J connectivity index is 2.03. The maximum absolute atomic E-state index is 11.8. The van der Waals surface area contributed by atoms with Crippen LogP contribution in [-0.2, 0) is 7.05 Å². The second-order valence-corrected chi connectivity index (χ2v) is 6.43. The van der Waals surface area contributed by atoms with E-state index >= 15 is 0 Å². The summed E-state index contributed by atoms with van der Waals surface area (Å²) in [5.41, 5.74) is 3.08. The van der Waals surface area contributed by atoms with E-state index in [1.165, 1.54) is 10.1 Å². The zero-order valence-corrected chi connectivity index (χ0v) is 13.8. The van der Waals surface area contributed by atoms with Gasteiger partial charge in [-0.1, -0.05) is 41.4 Å². The summed E-state index contributed by atoms with van der Waals surface area (Å²) in [4.78, 5) is 11.8. The summed E-state index contributed by atoms with van der Waals surface area (Å²) < 4.78 is 1.52. The number of rotatable bonds is 2. The largest absolute Gasteiger partial charge is 0.381 e. The van der Waals surface area contributed by atoms with Crippen LogP contribution < -0.4 is 10.9 Å². The number of halogens is 2. The number of hydrogen-bond donors (Lipinski definition) is 1. The second kappa shape index (κ2) is 5.82. The fourth-order valence-electron chi connectivity index (χ4n) is 2.88. The van der Waals surface area contributed by atoms with E-state index in [0.717, 1.165) is 16.3 Å². The van der Waals surface area contributed by atoms with E-state index < -0.39 is 0 Å². The fraction of sp³-hybridized carbons (Fsp3) is 0.235. The number of allylic oxidation sites excluding steroid dienone is 1. The lowest BCUT2D eigenvalue weighted by molar-refractivity contribution is 0.585. The SMILES string of the molecule is CC1=C[C@H](c2ccc(Cl)cc2)C(c2cc(Cl)c(=O)n(C)c2)N1. The van der Waals surface area contributed by atoms with Crippen molar-refractivity contribution in [3.63, 3.8) is 0 Å². The molecule has 1 aromatic carbocycles. The Morgan fingerprint density at radius 3 is 2.45 bits per heavy atom. The molecule has 1 aromatic heterocycles. The topological polar surface area (TPSA) is 34.0 Å². The number of nitrogens with zero attached hydrogens (tertiary/aromatic N) is 1. The molecule has 0 radical (unpaired) electrons. The van der Waals surface area contributed by atoms with Crippen molar-refractivity contribution in [2.45, 2.75) is 18.9 Å². The molecular formula is C17H16Cl2N2O. The second-order valence-electron chi connectivity index (χ2n) is 5.59. The first-order valence-corrected chi connectivity index (χ1v) is 7.78. The zero-order chi connectivity index (χ0) is 15.9. The maximum Gasteiger partial charge on any atom is 0.269 e. The Kier molecular flexibility index (Phi) is 4.02. The minimum absolute atomic E-state index is 0.0467. The van der Waals surface area contributed by atoms with Crippen LogP contribution in [0.2, 0.25) is 10.0 Å². The van der Waals surface area contributed by atoms with Crippen LogP contribution in [0.15, 0.2) is 53.1 Å². The predicted octanol–water partition coefficient (Wildman–Crippen LogP) is 4.02. The van der Waals surface area contributed by atoms with Gasteiger partial charge in [0.1, 0.15) is 5.02 Å². The standard InChI is InChI=1S/C17H16Cl2N2O/c1-10-7-14(11-3-5-13(18)6-4-11)16(20-10)12-8-15(19)17(22)21(2)9-12/h3-9,14,16,20H,1-2H3/t14-,16?/m1/s1. The van der Waals surface area contributed by atoms with Gasteiger partial charge in [0.2, 0.25) is 0 Å². The fourth-order valence-corrected chi connectivity index (χ4v) is 3.26. The summed E-state index contributed by atoms with van der Waals surface area (Å²) >= 11 is 12.0. The lowest BCUT2D eigenvalue weighted by Crippen LogP contribution is -2.23. The third-order valence-corrected chi connectivity index (χ3v) is 4.47. The van der Waals surface area contributed by atoms with Gasteiger partial charge in [-0.15, -0.1) is 0 Å². The first-order chi connectivity index (χ1) is 10.5. The van der Waals surface area contributed by atoms with Gasteiger partial charge in [0.05, 0.1) is 6.04 Å². The van der Waals surface area contributed by atoms with Gasteiger partial charge in [0.25, 0.3) is 5.56 Å². The molecule has 2 atom stereocenters. The molecule has 1 aliphatic heterocycles. The number of aryl methyl sites for hydroxylation is 1. The number of nitrogens with one attached hydrogen (secondary N) is 1. The Labute approximate surface area is 139 Å². The smallest absolute Gasteiger partial charge is 0.269 e. The van der Waals surface area contributed by atoms with Crippen LogP contribution in [0.25, 0.3) is 0 Å². The normalized spacial score (nSPS) is 20.6. The van der Waals surface area contributed by atoms with Crippen molar-refractivity contribution in [1.29, 1.82) is 0 Å². The van der Waals surface area contributed by atoms with Crippen LogP contribution in [0.1, 0.15) is 30.0 Å². The monoisotopic (exact) mass is 334 g/mol. The summed E-state index contributed by atoms with van der Waals surface area (Å²) in [6, 6.07) is 9.63. The molecule has 2 aromatic rings. The molecule has 3 nitrogen and oxygen atoms in total. The first kappa shape index (κ1) is 15.2. The minimum atomic E-state index is -0.184. The minimum Gasteiger partial charge on any atom is -0.381 e. The highest BCUT2D eigenvalue weighted by atomic mass is 35.5. The van der Waals surface area contributed by atoms with Crippen LogP contribution in [0.4, 0.5) is 0 Å². The van der Waals surface area contributed by atoms with E-state index in [-0.39, 0.29) is 22.5 Å². The van der Waals surface area contributed by atoms with Crippen LogP contribution in [-0.4, -0.2) is 4.57 Å². The van der Waals surface area contributed by atoms with Gasteiger partial charge < -0.3 is 9.88 Å². The van der Waals surface area contributed by atoms with E-state index in [1.54, 1.807) is 13.1 Å². The van der Waals surface area contributed by atoms with Crippen molar-refractivity contribution in [2.75, 3.05) is 0 Å². The number of pyridine rings is 1. The molecule has 1 N–H and O–H groups in total. The predicted molar refractivity (Wildman–Crippen MR) is 90.5 cm³/mol. The van der Waals surface area contributed by atoms with Crippen molar-refractivity contribution >= 4 is 23.2 Å². The highest BCUT2D eigenvalue weighted by molar-refractivity contribution is 6.30. The third-order valence-electron chi connectivity index (χ3n) is 3.95.